The Bertz CT molecular complexity index is 1050. The van der Waals surface area contributed by atoms with Gasteiger partial charge in [-0.25, -0.2) is 9.48 Å². The lowest BCUT2D eigenvalue weighted by Crippen LogP contribution is -2.06. The second-order valence-electron chi connectivity index (χ2n) is 6.06. The van der Waals surface area contributed by atoms with Gasteiger partial charge in [-0.1, -0.05) is 35.5 Å². The van der Waals surface area contributed by atoms with Crippen LogP contribution in [0.25, 0.3) is 17.0 Å². The molecule has 0 spiro atoms. The van der Waals surface area contributed by atoms with E-state index >= 15 is 0 Å². The van der Waals surface area contributed by atoms with Gasteiger partial charge in [-0.2, -0.15) is 5.10 Å². The molecule has 0 amide bonds. The Labute approximate surface area is 156 Å². The van der Waals surface area contributed by atoms with Crippen LogP contribution in [0.4, 0.5) is 0 Å². The largest absolute Gasteiger partial charge is 0.455 e. The summed E-state index contributed by atoms with van der Waals surface area (Å²) in [5, 5.41) is 8.20. The Kier molecular flexibility index (Phi) is 4.53. The summed E-state index contributed by atoms with van der Waals surface area (Å²) in [6.45, 7) is 2.02. The van der Waals surface area contributed by atoms with Gasteiger partial charge in [0.2, 0.25) is 0 Å². The van der Waals surface area contributed by atoms with Gasteiger partial charge < -0.3 is 9.26 Å². The number of rotatable bonds is 5. The molecule has 0 unspecified atom stereocenters. The van der Waals surface area contributed by atoms with E-state index in [0.29, 0.717) is 17.0 Å². The van der Waals surface area contributed by atoms with Crippen LogP contribution in [0.5, 0.6) is 0 Å². The average Bonchev–Trinajstić information content (AvgIpc) is 3.36. The summed E-state index contributed by atoms with van der Waals surface area (Å²) in [7, 11) is 0. The minimum atomic E-state index is -0.414. The molecule has 0 bridgehead atoms. The van der Waals surface area contributed by atoms with E-state index in [4.69, 9.17) is 9.26 Å². The molecule has 0 aliphatic rings. The summed E-state index contributed by atoms with van der Waals surface area (Å²) in [4.78, 5) is 12.3. The number of esters is 1. The molecule has 4 aromatic rings. The van der Waals surface area contributed by atoms with Crippen molar-refractivity contribution in [2.75, 3.05) is 0 Å². The fraction of sp³-hybridized carbons (Fsp3) is 0.0952. The number of aromatic nitrogens is 3. The van der Waals surface area contributed by atoms with Crippen LogP contribution in [0.15, 0.2) is 77.4 Å². The van der Waals surface area contributed by atoms with E-state index in [-0.39, 0.29) is 6.61 Å². The van der Waals surface area contributed by atoms with Crippen molar-refractivity contribution in [2.24, 2.45) is 0 Å². The highest BCUT2D eigenvalue weighted by molar-refractivity contribution is 5.89. The minimum Gasteiger partial charge on any atom is -0.455 e. The first-order chi connectivity index (χ1) is 13.2. The molecule has 2 aromatic heterocycles. The monoisotopic (exact) mass is 359 g/mol. The maximum Gasteiger partial charge on any atom is 0.338 e. The number of hydrogen-bond acceptors (Lipinski definition) is 5. The van der Waals surface area contributed by atoms with Crippen LogP contribution in [-0.2, 0) is 11.3 Å². The van der Waals surface area contributed by atoms with Crippen LogP contribution in [0.3, 0.4) is 0 Å². The number of aryl methyl sites for hydroxylation is 1. The zero-order valence-electron chi connectivity index (χ0n) is 14.7. The molecule has 0 saturated heterocycles. The van der Waals surface area contributed by atoms with Crippen LogP contribution in [0.1, 0.15) is 21.7 Å². The highest BCUT2D eigenvalue weighted by Gasteiger charge is 2.11. The van der Waals surface area contributed by atoms with E-state index in [2.05, 4.69) is 10.3 Å². The third-order valence-corrected chi connectivity index (χ3v) is 4.15. The Balaban J connectivity index is 1.40. The Morgan fingerprint density at radius 1 is 1.07 bits per heavy atom. The van der Waals surface area contributed by atoms with Crippen molar-refractivity contribution in [3.05, 3.63) is 89.9 Å². The van der Waals surface area contributed by atoms with E-state index in [0.717, 1.165) is 16.9 Å². The molecule has 0 atom stereocenters. The number of carbonyl (C=O) groups excluding carboxylic acids is 1. The Morgan fingerprint density at radius 3 is 2.56 bits per heavy atom. The van der Waals surface area contributed by atoms with E-state index in [1.165, 1.54) is 0 Å². The molecule has 2 heterocycles. The van der Waals surface area contributed by atoms with E-state index in [9.17, 15) is 4.79 Å². The number of ether oxygens (including phenoxy) is 1. The Hall–Kier alpha value is -3.67. The van der Waals surface area contributed by atoms with Crippen LogP contribution in [-0.4, -0.2) is 20.9 Å². The zero-order chi connectivity index (χ0) is 18.6. The molecule has 0 fully saturated rings. The summed E-state index contributed by atoms with van der Waals surface area (Å²) in [6.07, 6.45) is 1.74. The molecule has 134 valence electrons. The first-order valence-corrected chi connectivity index (χ1v) is 8.50. The first-order valence-electron chi connectivity index (χ1n) is 8.50. The van der Waals surface area contributed by atoms with Crippen molar-refractivity contribution >= 4 is 5.97 Å². The Morgan fingerprint density at radius 2 is 1.85 bits per heavy atom. The SMILES string of the molecule is Cc1ccnn1-c1ccc(C(=O)OCc2cc(-c3ccccc3)on2)cc1. The maximum atomic E-state index is 12.3. The lowest BCUT2D eigenvalue weighted by Gasteiger charge is -2.06. The predicted octanol–water partition coefficient (Wildman–Crippen LogP) is 4.19. The molecule has 6 heteroatoms. The van der Waals surface area contributed by atoms with Crippen molar-refractivity contribution in [3.63, 3.8) is 0 Å². The summed E-state index contributed by atoms with van der Waals surface area (Å²) in [5.41, 5.74) is 3.86. The van der Waals surface area contributed by atoms with Gasteiger partial charge in [0.25, 0.3) is 0 Å². The van der Waals surface area contributed by atoms with Crippen molar-refractivity contribution in [2.45, 2.75) is 13.5 Å². The third-order valence-electron chi connectivity index (χ3n) is 4.15. The summed E-state index contributed by atoms with van der Waals surface area (Å²) < 4.78 is 12.4. The number of carbonyl (C=O) groups is 1. The highest BCUT2D eigenvalue weighted by Crippen LogP contribution is 2.20. The molecule has 0 aliphatic carbocycles. The molecule has 4 rings (SSSR count). The van der Waals surface area contributed by atoms with E-state index in [1.807, 2.05) is 55.5 Å². The summed E-state index contributed by atoms with van der Waals surface area (Å²) in [5.74, 6) is 0.226. The number of nitrogens with zero attached hydrogens (tertiary/aromatic N) is 3. The smallest absolute Gasteiger partial charge is 0.338 e. The minimum absolute atomic E-state index is 0.0508. The topological polar surface area (TPSA) is 70.2 Å². The quantitative estimate of drug-likeness (QED) is 0.500. The van der Waals surface area contributed by atoms with Gasteiger partial charge in [0.05, 0.1) is 11.3 Å². The number of benzene rings is 2. The fourth-order valence-electron chi connectivity index (χ4n) is 2.72. The van der Waals surface area contributed by atoms with Crippen LogP contribution in [0, 0.1) is 6.92 Å². The molecule has 0 N–H and O–H groups in total. The van der Waals surface area contributed by atoms with Gasteiger partial charge in [-0.15, -0.1) is 0 Å². The van der Waals surface area contributed by atoms with Gasteiger partial charge in [0.15, 0.2) is 5.76 Å². The lowest BCUT2D eigenvalue weighted by molar-refractivity contribution is 0.0464. The standard InChI is InChI=1S/C21H17N3O3/c1-15-11-12-22-24(15)19-9-7-17(8-10-19)21(25)26-14-18-13-20(27-23-18)16-5-3-2-4-6-16/h2-13H,14H2,1H3. The van der Waals surface area contributed by atoms with Gasteiger partial charge >= 0.3 is 5.97 Å². The molecule has 0 aliphatic heterocycles. The second-order valence-corrected chi connectivity index (χ2v) is 6.06. The molecular weight excluding hydrogens is 342 g/mol. The second kappa shape index (κ2) is 7.29. The van der Waals surface area contributed by atoms with E-state index in [1.54, 1.807) is 29.1 Å². The van der Waals surface area contributed by atoms with Crippen LogP contribution < -0.4 is 0 Å². The molecule has 27 heavy (non-hydrogen) atoms. The number of hydrogen-bond donors (Lipinski definition) is 0. The summed E-state index contributed by atoms with van der Waals surface area (Å²) in [6, 6.07) is 20.4. The first kappa shape index (κ1) is 16.8. The fourth-order valence-corrected chi connectivity index (χ4v) is 2.72. The van der Waals surface area contributed by atoms with Crippen molar-refractivity contribution < 1.29 is 14.1 Å². The van der Waals surface area contributed by atoms with E-state index < -0.39 is 5.97 Å². The van der Waals surface area contributed by atoms with Crippen LogP contribution in [0.2, 0.25) is 0 Å². The zero-order valence-corrected chi connectivity index (χ0v) is 14.7. The molecular formula is C21H17N3O3. The molecule has 0 saturated carbocycles. The van der Waals surface area contributed by atoms with Gasteiger partial charge in [-0.3, -0.25) is 0 Å². The third kappa shape index (κ3) is 3.64. The lowest BCUT2D eigenvalue weighted by atomic mass is 10.2. The predicted molar refractivity (Wildman–Crippen MR) is 99.4 cm³/mol. The van der Waals surface area contributed by atoms with Gasteiger partial charge in [0, 0.05) is 23.5 Å². The van der Waals surface area contributed by atoms with Gasteiger partial charge in [0.1, 0.15) is 12.3 Å². The highest BCUT2D eigenvalue weighted by atomic mass is 16.5. The van der Waals surface area contributed by atoms with Crippen LogP contribution >= 0.6 is 0 Å². The van der Waals surface area contributed by atoms with Crippen molar-refractivity contribution in [1.82, 2.24) is 14.9 Å². The molecule has 2 aromatic carbocycles. The van der Waals surface area contributed by atoms with Gasteiger partial charge in [-0.05, 0) is 37.3 Å². The molecule has 6 nitrogen and oxygen atoms in total. The average molecular weight is 359 g/mol. The molecule has 0 radical (unpaired) electrons. The normalized spacial score (nSPS) is 10.7. The maximum absolute atomic E-state index is 12.3. The summed E-state index contributed by atoms with van der Waals surface area (Å²) >= 11 is 0. The van der Waals surface area contributed by atoms with Crippen molar-refractivity contribution in [3.8, 4) is 17.0 Å². The van der Waals surface area contributed by atoms with Crippen molar-refractivity contribution in [1.29, 1.82) is 0 Å².